The summed E-state index contributed by atoms with van der Waals surface area (Å²) in [6, 6.07) is 15.2. The number of methoxy groups -OCH3 is 1. The van der Waals surface area contributed by atoms with Crippen LogP contribution in [0.5, 0.6) is 5.75 Å². The second kappa shape index (κ2) is 10.1. The van der Waals surface area contributed by atoms with Crippen LogP contribution in [-0.4, -0.2) is 31.2 Å². The molecule has 34 heavy (non-hydrogen) atoms. The van der Waals surface area contributed by atoms with Crippen molar-refractivity contribution < 1.29 is 19.1 Å². The summed E-state index contributed by atoms with van der Waals surface area (Å²) in [4.78, 5) is 31.7. The number of hydrogen-bond acceptors (Lipinski definition) is 5. The summed E-state index contributed by atoms with van der Waals surface area (Å²) in [6.07, 6.45) is 1.01. The van der Waals surface area contributed by atoms with Crippen LogP contribution in [0.2, 0.25) is 5.02 Å². The zero-order valence-corrected chi connectivity index (χ0v) is 20.8. The number of rotatable bonds is 6. The molecule has 0 aromatic heterocycles. The van der Waals surface area contributed by atoms with E-state index in [2.05, 4.69) is 0 Å². The lowest BCUT2D eigenvalue weighted by molar-refractivity contribution is -0.147. The van der Waals surface area contributed by atoms with E-state index in [1.54, 1.807) is 7.11 Å². The van der Waals surface area contributed by atoms with Gasteiger partial charge >= 0.3 is 5.97 Å². The van der Waals surface area contributed by atoms with Crippen molar-refractivity contribution in [1.29, 1.82) is 0 Å². The van der Waals surface area contributed by atoms with Gasteiger partial charge in [-0.1, -0.05) is 49.7 Å². The van der Waals surface area contributed by atoms with E-state index in [0.29, 0.717) is 35.8 Å². The summed E-state index contributed by atoms with van der Waals surface area (Å²) in [6.45, 7) is 6.19. The molecule has 1 unspecified atom stereocenters. The molecular weight excluding hydrogens is 450 g/mol. The summed E-state index contributed by atoms with van der Waals surface area (Å²) in [5.41, 5.74) is 4.02. The average molecular weight is 480 g/mol. The maximum Gasteiger partial charge on any atom is 0.315 e. The zero-order valence-electron chi connectivity index (χ0n) is 20.0. The van der Waals surface area contributed by atoms with Crippen LogP contribution in [0.25, 0.3) is 0 Å². The van der Waals surface area contributed by atoms with Gasteiger partial charge in [-0.3, -0.25) is 14.6 Å². The third-order valence-corrected chi connectivity index (χ3v) is 6.77. The van der Waals surface area contributed by atoms with E-state index < -0.39 is 11.8 Å². The Labute approximate surface area is 205 Å². The molecule has 0 saturated heterocycles. The molecule has 1 aliphatic carbocycles. The molecule has 2 aliphatic rings. The molecule has 0 saturated carbocycles. The molecule has 0 bridgehead atoms. The Morgan fingerprint density at radius 2 is 1.71 bits per heavy atom. The van der Waals surface area contributed by atoms with E-state index in [1.807, 2.05) is 69.3 Å². The Morgan fingerprint density at radius 1 is 1.06 bits per heavy atom. The summed E-state index contributed by atoms with van der Waals surface area (Å²) < 4.78 is 10.9. The van der Waals surface area contributed by atoms with Gasteiger partial charge in [0.05, 0.1) is 13.7 Å². The normalized spacial score (nSPS) is 22.4. The van der Waals surface area contributed by atoms with Crippen molar-refractivity contribution in [3.63, 3.8) is 0 Å². The van der Waals surface area contributed by atoms with Gasteiger partial charge in [0, 0.05) is 34.3 Å². The van der Waals surface area contributed by atoms with Crippen molar-refractivity contribution in [1.82, 2.24) is 0 Å². The van der Waals surface area contributed by atoms with Crippen LogP contribution in [0.1, 0.15) is 56.6 Å². The van der Waals surface area contributed by atoms with Crippen LogP contribution in [0, 0.1) is 11.8 Å². The maximum absolute atomic E-state index is 13.6. The fraction of sp³-hybridized carbons (Fsp3) is 0.393. The topological polar surface area (TPSA) is 65.0 Å². The van der Waals surface area contributed by atoms with E-state index in [9.17, 15) is 9.59 Å². The predicted molar refractivity (Wildman–Crippen MR) is 134 cm³/mol. The van der Waals surface area contributed by atoms with E-state index in [0.717, 1.165) is 22.6 Å². The maximum atomic E-state index is 13.6. The lowest BCUT2D eigenvalue weighted by atomic mass is 9.69. The average Bonchev–Trinajstić information content (AvgIpc) is 2.82. The highest BCUT2D eigenvalue weighted by Gasteiger charge is 2.44. The van der Waals surface area contributed by atoms with Gasteiger partial charge in [-0.25, -0.2) is 0 Å². The van der Waals surface area contributed by atoms with Crippen molar-refractivity contribution in [3.8, 4) is 5.75 Å². The van der Waals surface area contributed by atoms with Crippen molar-refractivity contribution in [2.24, 2.45) is 16.8 Å². The molecule has 0 spiro atoms. The van der Waals surface area contributed by atoms with Gasteiger partial charge in [0.25, 0.3) is 0 Å². The molecule has 178 valence electrons. The first-order valence-corrected chi connectivity index (χ1v) is 12.0. The lowest BCUT2D eigenvalue weighted by Crippen LogP contribution is -2.38. The van der Waals surface area contributed by atoms with Gasteiger partial charge in [-0.2, -0.15) is 0 Å². The Balaban J connectivity index is 1.75. The van der Waals surface area contributed by atoms with Crippen LogP contribution < -0.4 is 4.74 Å². The fourth-order valence-corrected chi connectivity index (χ4v) is 4.97. The minimum absolute atomic E-state index is 0.0277. The van der Waals surface area contributed by atoms with E-state index in [4.69, 9.17) is 26.1 Å². The van der Waals surface area contributed by atoms with E-state index >= 15 is 0 Å². The van der Waals surface area contributed by atoms with Gasteiger partial charge in [0.2, 0.25) is 0 Å². The Morgan fingerprint density at radius 3 is 2.32 bits per heavy atom. The zero-order chi connectivity index (χ0) is 24.4. The highest BCUT2D eigenvalue weighted by atomic mass is 35.5. The van der Waals surface area contributed by atoms with Gasteiger partial charge in [-0.05, 0) is 60.6 Å². The number of esters is 1. The van der Waals surface area contributed by atoms with Crippen LogP contribution in [0.3, 0.4) is 0 Å². The summed E-state index contributed by atoms with van der Waals surface area (Å²) in [5.74, 6) is -0.416. The largest absolute Gasteiger partial charge is 0.497 e. The molecular formula is C28H30ClNO4. The number of nitrogens with zero attached hydrogens (tertiary/aromatic N) is 1. The molecule has 5 nitrogen and oxygen atoms in total. The predicted octanol–water partition coefficient (Wildman–Crippen LogP) is 6.12. The monoisotopic (exact) mass is 479 g/mol. The summed E-state index contributed by atoms with van der Waals surface area (Å²) >= 11 is 6.06. The Kier molecular flexibility index (Phi) is 7.22. The first-order chi connectivity index (χ1) is 16.3. The smallest absolute Gasteiger partial charge is 0.315 e. The minimum Gasteiger partial charge on any atom is -0.497 e. The minimum atomic E-state index is -0.637. The number of ether oxygens (including phenoxy) is 2. The van der Waals surface area contributed by atoms with E-state index in [1.165, 1.54) is 0 Å². The molecule has 4 rings (SSSR count). The molecule has 2 aromatic rings. The molecule has 2 aromatic carbocycles. The third kappa shape index (κ3) is 4.95. The Bertz CT molecular complexity index is 1130. The highest BCUT2D eigenvalue weighted by molar-refractivity contribution is 6.30. The van der Waals surface area contributed by atoms with Gasteiger partial charge in [0.15, 0.2) is 5.78 Å². The second-order valence-electron chi connectivity index (χ2n) is 9.45. The van der Waals surface area contributed by atoms with Gasteiger partial charge in [0.1, 0.15) is 11.7 Å². The number of halogens is 1. The number of Topliss-reactive ketones (excluding diaryl/α,β-unsaturated/α-hetero) is 1. The van der Waals surface area contributed by atoms with Crippen molar-refractivity contribution in [2.75, 3.05) is 13.7 Å². The molecule has 6 heteroatoms. The Hall–Kier alpha value is -2.92. The number of ketones is 1. The number of carbonyl (C=O) groups is 2. The van der Waals surface area contributed by atoms with Gasteiger partial charge < -0.3 is 9.47 Å². The standard InChI is InChI=1S/C28H30ClNO4/c1-16(2)15-34-28(32)25-17(3)30-23-13-20(18-5-9-21(29)10-6-18)14-24(31)27(23)26(25)19-7-11-22(33-4)12-8-19/h5-12,16,20,25-26H,13-15H2,1-4H3/t20-,25?,26+/m0/s1. The first kappa shape index (κ1) is 24.2. The van der Waals surface area contributed by atoms with Crippen LogP contribution in [0.15, 0.2) is 64.8 Å². The number of allylic oxidation sites excluding steroid dienone is 2. The van der Waals surface area contributed by atoms with Crippen molar-refractivity contribution in [3.05, 3.63) is 76.0 Å². The van der Waals surface area contributed by atoms with Crippen molar-refractivity contribution in [2.45, 2.75) is 45.4 Å². The third-order valence-electron chi connectivity index (χ3n) is 6.52. The lowest BCUT2D eigenvalue weighted by Gasteiger charge is -2.36. The highest BCUT2D eigenvalue weighted by Crippen LogP contribution is 2.47. The molecule has 0 fully saturated rings. The SMILES string of the molecule is COc1ccc([C@H]2C3=C(C[C@H](c4ccc(Cl)cc4)CC3=O)N=C(C)C2C(=O)OCC(C)C)cc1. The van der Waals surface area contributed by atoms with Gasteiger partial charge in [-0.15, -0.1) is 0 Å². The number of hydrogen-bond donors (Lipinski definition) is 0. The molecule has 0 radical (unpaired) electrons. The van der Waals surface area contributed by atoms with E-state index in [-0.39, 0.29) is 23.6 Å². The number of aliphatic imine (C=N–C) groups is 1. The number of benzene rings is 2. The molecule has 3 atom stereocenters. The molecule has 1 aliphatic heterocycles. The first-order valence-electron chi connectivity index (χ1n) is 11.7. The van der Waals surface area contributed by atoms with Crippen molar-refractivity contribution >= 4 is 29.1 Å². The quantitative estimate of drug-likeness (QED) is 0.468. The second-order valence-corrected chi connectivity index (χ2v) is 9.88. The van der Waals surface area contributed by atoms with Crippen LogP contribution in [-0.2, 0) is 14.3 Å². The molecule has 0 N–H and O–H groups in total. The van der Waals surface area contributed by atoms with Crippen LogP contribution in [0.4, 0.5) is 0 Å². The summed E-state index contributed by atoms with van der Waals surface area (Å²) in [5, 5.41) is 0.666. The van der Waals surface area contributed by atoms with Crippen LogP contribution >= 0.6 is 11.6 Å². The number of carbonyl (C=O) groups excluding carboxylic acids is 2. The molecule has 0 amide bonds. The fourth-order valence-electron chi connectivity index (χ4n) is 4.85. The molecule has 1 heterocycles. The summed E-state index contributed by atoms with van der Waals surface area (Å²) in [7, 11) is 1.61.